The van der Waals surface area contributed by atoms with Crippen molar-refractivity contribution < 1.29 is 14.6 Å². The lowest BCUT2D eigenvalue weighted by molar-refractivity contribution is -0.127. The first-order valence-electron chi connectivity index (χ1n) is 8.03. The monoisotopic (exact) mass is 345 g/mol. The van der Waals surface area contributed by atoms with Crippen molar-refractivity contribution >= 4 is 22.8 Å². The summed E-state index contributed by atoms with van der Waals surface area (Å²) in [5, 5.41) is 10.3. The molecule has 24 heavy (non-hydrogen) atoms. The van der Waals surface area contributed by atoms with E-state index in [-0.39, 0.29) is 12.5 Å². The molecular formula is C17H19N3O3S. The molecule has 0 saturated heterocycles. The van der Waals surface area contributed by atoms with Crippen molar-refractivity contribution in [1.82, 2.24) is 9.80 Å². The third kappa shape index (κ3) is 2.57. The van der Waals surface area contributed by atoms with E-state index in [0.29, 0.717) is 19.7 Å². The van der Waals surface area contributed by atoms with E-state index in [1.165, 1.54) is 11.8 Å². The summed E-state index contributed by atoms with van der Waals surface area (Å²) in [4.78, 5) is 22.2. The molecule has 6 nitrogen and oxygen atoms in total. The van der Waals surface area contributed by atoms with Gasteiger partial charge in [0.15, 0.2) is 5.17 Å². The highest BCUT2D eigenvalue weighted by Gasteiger charge is 2.35. The lowest BCUT2D eigenvalue weighted by Crippen LogP contribution is -2.33. The van der Waals surface area contributed by atoms with Crippen LogP contribution in [0.3, 0.4) is 0 Å². The van der Waals surface area contributed by atoms with Crippen LogP contribution in [-0.4, -0.2) is 52.2 Å². The van der Waals surface area contributed by atoms with Gasteiger partial charge < -0.3 is 19.6 Å². The first kappa shape index (κ1) is 15.5. The Kier molecular flexibility index (Phi) is 3.97. The van der Waals surface area contributed by atoms with Gasteiger partial charge in [-0.25, -0.2) is 0 Å². The maximum Gasteiger partial charge on any atom is 0.262 e. The fraction of sp³-hybridized carbons (Fsp3) is 0.412. The van der Waals surface area contributed by atoms with E-state index in [1.807, 2.05) is 30.0 Å². The number of allylic oxidation sites excluding steroid dienone is 1. The highest BCUT2D eigenvalue weighted by molar-refractivity contribution is 8.18. The number of carbonyl (C=O) groups excluding carboxylic acids is 1. The normalized spacial score (nSPS) is 19.7. The van der Waals surface area contributed by atoms with Gasteiger partial charge in [-0.3, -0.25) is 9.79 Å². The Morgan fingerprint density at radius 1 is 1.42 bits per heavy atom. The Balaban J connectivity index is 1.59. The van der Waals surface area contributed by atoms with Gasteiger partial charge in [-0.1, -0.05) is 6.07 Å². The van der Waals surface area contributed by atoms with Crippen molar-refractivity contribution in [3.05, 3.63) is 39.9 Å². The number of ether oxygens (including phenoxy) is 1. The van der Waals surface area contributed by atoms with Crippen LogP contribution >= 0.6 is 11.8 Å². The smallest absolute Gasteiger partial charge is 0.262 e. The second kappa shape index (κ2) is 6.14. The van der Waals surface area contributed by atoms with Gasteiger partial charge >= 0.3 is 0 Å². The van der Waals surface area contributed by atoms with Gasteiger partial charge in [0.2, 0.25) is 0 Å². The molecule has 0 aromatic heterocycles. The Morgan fingerprint density at radius 2 is 2.29 bits per heavy atom. The standard InChI is InChI=1S/C17H19N3O3S/c1-11-15(24-17-18-4-5-20(11)17)16(22)19-6-7-23-14-3-2-12(10-21)8-13(14)9-19/h2-3,8,21H,4-7,9-10H2,1H3. The van der Waals surface area contributed by atoms with Gasteiger partial charge in [-0.2, -0.15) is 0 Å². The molecule has 4 rings (SSSR count). The topological polar surface area (TPSA) is 65.4 Å². The van der Waals surface area contributed by atoms with Gasteiger partial charge in [0.05, 0.1) is 24.6 Å². The van der Waals surface area contributed by atoms with E-state index < -0.39 is 0 Å². The maximum atomic E-state index is 13.0. The Hall–Kier alpha value is -1.99. The third-order valence-electron chi connectivity index (χ3n) is 4.50. The zero-order valence-corrected chi connectivity index (χ0v) is 14.3. The van der Waals surface area contributed by atoms with Gasteiger partial charge in [0, 0.05) is 24.4 Å². The first-order chi connectivity index (χ1) is 11.7. The molecule has 0 bridgehead atoms. The highest BCUT2D eigenvalue weighted by Crippen LogP contribution is 2.37. The number of aliphatic hydroxyl groups is 1. The molecule has 0 spiro atoms. The van der Waals surface area contributed by atoms with E-state index in [9.17, 15) is 9.90 Å². The molecule has 0 atom stereocenters. The predicted octanol–water partition coefficient (Wildman–Crippen LogP) is 1.55. The number of amides is 1. The lowest BCUT2D eigenvalue weighted by Gasteiger charge is -2.20. The quantitative estimate of drug-likeness (QED) is 0.881. The number of hydrogen-bond acceptors (Lipinski definition) is 6. The molecule has 1 N–H and O–H groups in total. The Labute approximate surface area is 144 Å². The summed E-state index contributed by atoms with van der Waals surface area (Å²) in [7, 11) is 0. The van der Waals surface area contributed by atoms with Crippen molar-refractivity contribution in [2.45, 2.75) is 20.1 Å². The molecule has 7 heteroatoms. The maximum absolute atomic E-state index is 13.0. The van der Waals surface area contributed by atoms with Crippen LogP contribution in [0.25, 0.3) is 0 Å². The van der Waals surface area contributed by atoms with E-state index >= 15 is 0 Å². The largest absolute Gasteiger partial charge is 0.491 e. The van der Waals surface area contributed by atoms with Crippen LogP contribution in [0.5, 0.6) is 5.75 Å². The number of nitrogens with zero attached hydrogens (tertiary/aromatic N) is 3. The average Bonchev–Trinajstić information content (AvgIpc) is 3.10. The minimum atomic E-state index is -0.0177. The molecule has 1 aromatic rings. The molecule has 3 heterocycles. The summed E-state index contributed by atoms with van der Waals surface area (Å²) in [6.45, 7) is 5.14. The zero-order chi connectivity index (χ0) is 16.7. The fourth-order valence-corrected chi connectivity index (χ4v) is 4.33. The highest BCUT2D eigenvalue weighted by atomic mass is 32.2. The van der Waals surface area contributed by atoms with Crippen LogP contribution in [0.1, 0.15) is 18.1 Å². The van der Waals surface area contributed by atoms with Crippen molar-refractivity contribution in [2.75, 3.05) is 26.2 Å². The number of aliphatic hydroxyl groups excluding tert-OH is 1. The number of benzene rings is 1. The fourth-order valence-electron chi connectivity index (χ4n) is 3.17. The molecule has 0 fully saturated rings. The molecule has 126 valence electrons. The number of rotatable bonds is 2. The second-order valence-corrected chi connectivity index (χ2v) is 6.99. The molecule has 1 amide bonds. The molecule has 3 aliphatic rings. The van der Waals surface area contributed by atoms with Gasteiger partial charge in [-0.15, -0.1) is 0 Å². The summed E-state index contributed by atoms with van der Waals surface area (Å²) in [6.07, 6.45) is 0. The minimum Gasteiger partial charge on any atom is -0.491 e. The van der Waals surface area contributed by atoms with Gasteiger partial charge in [-0.05, 0) is 36.4 Å². The van der Waals surface area contributed by atoms with Gasteiger partial charge in [0.1, 0.15) is 12.4 Å². The number of aliphatic imine (C=N–C) groups is 1. The number of carbonyl (C=O) groups is 1. The van der Waals surface area contributed by atoms with Crippen LogP contribution in [0, 0.1) is 0 Å². The zero-order valence-electron chi connectivity index (χ0n) is 13.5. The summed E-state index contributed by atoms with van der Waals surface area (Å²) in [5.74, 6) is 0.817. The van der Waals surface area contributed by atoms with Crippen molar-refractivity contribution in [3.63, 3.8) is 0 Å². The van der Waals surface area contributed by atoms with Crippen LogP contribution in [0.2, 0.25) is 0 Å². The van der Waals surface area contributed by atoms with Crippen LogP contribution in [-0.2, 0) is 17.9 Å². The third-order valence-corrected chi connectivity index (χ3v) is 5.70. The van der Waals surface area contributed by atoms with Gasteiger partial charge in [0.25, 0.3) is 5.91 Å². The number of fused-ring (bicyclic) bond motifs is 2. The Morgan fingerprint density at radius 3 is 3.08 bits per heavy atom. The molecule has 0 aliphatic carbocycles. The van der Waals surface area contributed by atoms with E-state index in [2.05, 4.69) is 9.89 Å². The van der Waals surface area contributed by atoms with E-state index in [1.54, 1.807) is 0 Å². The molecule has 3 aliphatic heterocycles. The van der Waals surface area contributed by atoms with Crippen molar-refractivity contribution in [3.8, 4) is 5.75 Å². The second-order valence-electron chi connectivity index (χ2n) is 6.01. The molecule has 0 unspecified atom stereocenters. The molecule has 1 aromatic carbocycles. The van der Waals surface area contributed by atoms with Crippen molar-refractivity contribution in [1.29, 1.82) is 0 Å². The van der Waals surface area contributed by atoms with Crippen LogP contribution in [0.15, 0.2) is 33.8 Å². The summed E-state index contributed by atoms with van der Waals surface area (Å²) in [5.41, 5.74) is 2.76. The van der Waals surface area contributed by atoms with Crippen LogP contribution < -0.4 is 4.74 Å². The molecule has 0 saturated carbocycles. The number of hydrogen-bond donors (Lipinski definition) is 1. The van der Waals surface area contributed by atoms with Crippen molar-refractivity contribution in [2.24, 2.45) is 4.99 Å². The number of thioether (sulfide) groups is 1. The van der Waals surface area contributed by atoms with Crippen LogP contribution in [0.4, 0.5) is 0 Å². The lowest BCUT2D eigenvalue weighted by atomic mass is 10.1. The molecular weight excluding hydrogens is 326 g/mol. The summed E-state index contributed by atoms with van der Waals surface area (Å²) < 4.78 is 5.76. The average molecular weight is 345 g/mol. The van der Waals surface area contributed by atoms with E-state index in [4.69, 9.17) is 4.74 Å². The number of amidine groups is 1. The summed E-state index contributed by atoms with van der Waals surface area (Å²) in [6, 6.07) is 5.63. The van der Waals surface area contributed by atoms with E-state index in [0.717, 1.165) is 45.7 Å². The minimum absolute atomic E-state index is 0.0177. The Bertz CT molecular complexity index is 759. The SMILES string of the molecule is CC1=C(C(=O)N2CCOc3ccc(CO)cc3C2)SC2=NCCN21. The molecule has 0 radical (unpaired) electrons. The summed E-state index contributed by atoms with van der Waals surface area (Å²) >= 11 is 1.47. The first-order valence-corrected chi connectivity index (χ1v) is 8.84. The predicted molar refractivity (Wildman–Crippen MR) is 92.6 cm³/mol.